The molecule has 21 heavy (non-hydrogen) atoms. The number of nitrogens with two attached hydrogens (primary N) is 1. The maximum absolute atomic E-state index is 12.2. The van der Waals surface area contributed by atoms with Crippen molar-refractivity contribution in [2.75, 3.05) is 13.1 Å². The minimum Gasteiger partial charge on any atom is -0.329 e. The van der Waals surface area contributed by atoms with Gasteiger partial charge >= 0.3 is 0 Å². The molecule has 0 aliphatic carbocycles. The molecule has 3 rings (SSSR count). The number of rotatable bonds is 3. The Kier molecular flexibility index (Phi) is 4.03. The van der Waals surface area contributed by atoms with Crippen LogP contribution in [-0.4, -0.2) is 33.4 Å². The number of pyridine rings is 1. The van der Waals surface area contributed by atoms with Crippen molar-refractivity contribution in [1.29, 1.82) is 0 Å². The Labute approximate surface area is 124 Å². The van der Waals surface area contributed by atoms with Gasteiger partial charge in [-0.05, 0) is 37.9 Å². The van der Waals surface area contributed by atoms with Crippen LogP contribution >= 0.6 is 0 Å². The fourth-order valence-corrected chi connectivity index (χ4v) is 3.08. The number of fused-ring (bicyclic) bond motifs is 1. The van der Waals surface area contributed by atoms with E-state index in [9.17, 15) is 4.79 Å². The van der Waals surface area contributed by atoms with Crippen molar-refractivity contribution in [2.24, 2.45) is 5.73 Å². The summed E-state index contributed by atoms with van der Waals surface area (Å²) in [6, 6.07) is 5.94. The Morgan fingerprint density at radius 1 is 1.38 bits per heavy atom. The summed E-state index contributed by atoms with van der Waals surface area (Å²) < 4.78 is 1.61. The third-order valence-corrected chi connectivity index (χ3v) is 4.25. The monoisotopic (exact) mass is 286 g/mol. The van der Waals surface area contributed by atoms with Crippen LogP contribution in [0.4, 0.5) is 0 Å². The zero-order valence-corrected chi connectivity index (χ0v) is 12.5. The molecular weight excluding hydrogens is 264 g/mol. The molecule has 2 aromatic rings. The molecular formula is C16H22N4O. The molecule has 2 N–H and O–H groups in total. The Balaban J connectivity index is 1.90. The number of likely N-dealkylation sites (tertiary alicyclic amines) is 1. The molecule has 112 valence electrons. The van der Waals surface area contributed by atoms with E-state index in [0.717, 1.165) is 24.2 Å². The third-order valence-electron chi connectivity index (χ3n) is 4.25. The largest absolute Gasteiger partial charge is 0.329 e. The Hall–Kier alpha value is -1.72. The molecule has 2 aromatic heterocycles. The molecule has 0 radical (unpaired) electrons. The first-order valence-corrected chi connectivity index (χ1v) is 7.60. The van der Waals surface area contributed by atoms with Crippen molar-refractivity contribution in [3.05, 3.63) is 46.0 Å². The van der Waals surface area contributed by atoms with Gasteiger partial charge in [0.15, 0.2) is 0 Å². The van der Waals surface area contributed by atoms with Gasteiger partial charge in [0, 0.05) is 31.4 Å². The molecule has 1 fully saturated rings. The molecule has 1 atom stereocenters. The van der Waals surface area contributed by atoms with E-state index in [1.54, 1.807) is 10.5 Å². The molecule has 0 spiro atoms. The second-order valence-corrected chi connectivity index (χ2v) is 5.88. The fourth-order valence-electron chi connectivity index (χ4n) is 3.08. The van der Waals surface area contributed by atoms with Crippen molar-refractivity contribution in [2.45, 2.75) is 38.8 Å². The molecule has 1 saturated heterocycles. The molecule has 5 nitrogen and oxygen atoms in total. The number of hydrogen-bond donors (Lipinski definition) is 1. The molecule has 0 aromatic carbocycles. The number of hydrogen-bond acceptors (Lipinski definition) is 4. The van der Waals surface area contributed by atoms with E-state index in [2.05, 4.69) is 9.88 Å². The van der Waals surface area contributed by atoms with Gasteiger partial charge in [0.25, 0.3) is 5.56 Å². The van der Waals surface area contributed by atoms with Crippen LogP contribution in [0.15, 0.2) is 29.2 Å². The van der Waals surface area contributed by atoms with Gasteiger partial charge in [-0.3, -0.25) is 14.1 Å². The predicted molar refractivity (Wildman–Crippen MR) is 83.3 cm³/mol. The average molecular weight is 286 g/mol. The van der Waals surface area contributed by atoms with Gasteiger partial charge in [-0.1, -0.05) is 12.5 Å². The summed E-state index contributed by atoms with van der Waals surface area (Å²) in [5.74, 6) is 0. The zero-order valence-electron chi connectivity index (χ0n) is 12.5. The van der Waals surface area contributed by atoms with Crippen LogP contribution in [0.1, 0.15) is 30.5 Å². The minimum absolute atomic E-state index is 0.0139. The normalized spacial score (nSPS) is 20.0. The maximum atomic E-state index is 12.2. The first kappa shape index (κ1) is 14.2. The van der Waals surface area contributed by atoms with Crippen molar-refractivity contribution in [3.63, 3.8) is 0 Å². The van der Waals surface area contributed by atoms with Crippen molar-refractivity contribution in [3.8, 4) is 0 Å². The van der Waals surface area contributed by atoms with E-state index in [1.807, 2.05) is 25.3 Å². The number of aromatic nitrogens is 2. The lowest BCUT2D eigenvalue weighted by Crippen LogP contribution is -2.43. The molecule has 0 bridgehead atoms. The Morgan fingerprint density at radius 3 is 3.05 bits per heavy atom. The van der Waals surface area contributed by atoms with Crippen molar-refractivity contribution in [1.82, 2.24) is 14.3 Å². The van der Waals surface area contributed by atoms with Crippen LogP contribution in [0.5, 0.6) is 0 Å². The van der Waals surface area contributed by atoms with Crippen LogP contribution in [0.25, 0.3) is 5.65 Å². The van der Waals surface area contributed by atoms with Crippen LogP contribution in [0.3, 0.4) is 0 Å². The quantitative estimate of drug-likeness (QED) is 0.924. The number of aryl methyl sites for hydroxylation is 1. The molecule has 0 saturated carbocycles. The Bertz CT molecular complexity index is 694. The molecule has 1 unspecified atom stereocenters. The summed E-state index contributed by atoms with van der Waals surface area (Å²) in [7, 11) is 0. The summed E-state index contributed by atoms with van der Waals surface area (Å²) in [6.45, 7) is 4.39. The highest BCUT2D eigenvalue weighted by Crippen LogP contribution is 2.18. The van der Waals surface area contributed by atoms with Gasteiger partial charge in [-0.2, -0.15) is 0 Å². The van der Waals surface area contributed by atoms with Gasteiger partial charge in [0.1, 0.15) is 5.65 Å². The third kappa shape index (κ3) is 2.99. The zero-order chi connectivity index (χ0) is 14.8. The molecule has 0 amide bonds. The SMILES string of the molecule is Cc1ccc2nc(CN3CCCCC3CN)cc(=O)n2c1. The summed E-state index contributed by atoms with van der Waals surface area (Å²) in [5.41, 5.74) is 8.45. The smallest absolute Gasteiger partial charge is 0.258 e. The fraction of sp³-hybridized carbons (Fsp3) is 0.500. The van der Waals surface area contributed by atoms with E-state index in [4.69, 9.17) is 5.73 Å². The van der Waals surface area contributed by atoms with E-state index < -0.39 is 0 Å². The highest BCUT2D eigenvalue weighted by molar-refractivity contribution is 5.39. The van der Waals surface area contributed by atoms with Gasteiger partial charge in [-0.15, -0.1) is 0 Å². The van der Waals surface area contributed by atoms with E-state index in [-0.39, 0.29) is 5.56 Å². The summed E-state index contributed by atoms with van der Waals surface area (Å²) in [5, 5.41) is 0. The van der Waals surface area contributed by atoms with Gasteiger partial charge in [-0.25, -0.2) is 4.98 Å². The van der Waals surface area contributed by atoms with Crippen LogP contribution in [-0.2, 0) is 6.54 Å². The van der Waals surface area contributed by atoms with Gasteiger partial charge < -0.3 is 5.73 Å². The lowest BCUT2D eigenvalue weighted by Gasteiger charge is -2.34. The average Bonchev–Trinajstić information content (AvgIpc) is 2.49. The van der Waals surface area contributed by atoms with Gasteiger partial charge in [0.05, 0.1) is 5.69 Å². The minimum atomic E-state index is -0.0139. The topological polar surface area (TPSA) is 63.6 Å². The lowest BCUT2D eigenvalue weighted by molar-refractivity contribution is 0.143. The molecule has 3 heterocycles. The van der Waals surface area contributed by atoms with Crippen molar-refractivity contribution < 1.29 is 0 Å². The molecule has 5 heteroatoms. The maximum Gasteiger partial charge on any atom is 0.258 e. The number of nitrogens with zero attached hydrogens (tertiary/aromatic N) is 3. The van der Waals surface area contributed by atoms with E-state index >= 15 is 0 Å². The number of piperidine rings is 1. The van der Waals surface area contributed by atoms with Gasteiger partial charge in [0.2, 0.25) is 0 Å². The lowest BCUT2D eigenvalue weighted by atomic mass is 10.0. The first-order chi connectivity index (χ1) is 10.2. The highest BCUT2D eigenvalue weighted by atomic mass is 16.1. The molecule has 1 aliphatic heterocycles. The molecule has 1 aliphatic rings. The summed E-state index contributed by atoms with van der Waals surface area (Å²) >= 11 is 0. The second-order valence-electron chi connectivity index (χ2n) is 5.88. The van der Waals surface area contributed by atoms with Crippen LogP contribution in [0, 0.1) is 6.92 Å². The Morgan fingerprint density at radius 2 is 2.24 bits per heavy atom. The predicted octanol–water partition coefficient (Wildman–Crippen LogP) is 1.32. The van der Waals surface area contributed by atoms with E-state index in [1.165, 1.54) is 12.8 Å². The van der Waals surface area contributed by atoms with E-state index in [0.29, 0.717) is 24.8 Å². The first-order valence-electron chi connectivity index (χ1n) is 7.60. The van der Waals surface area contributed by atoms with Crippen LogP contribution in [0.2, 0.25) is 0 Å². The summed E-state index contributed by atoms with van der Waals surface area (Å²) in [6.07, 6.45) is 5.41. The highest BCUT2D eigenvalue weighted by Gasteiger charge is 2.21. The van der Waals surface area contributed by atoms with Crippen molar-refractivity contribution >= 4 is 5.65 Å². The standard InChI is InChI=1S/C16H22N4O/c1-12-5-6-15-18-13(8-16(21)20(15)10-12)11-19-7-3-2-4-14(19)9-17/h5-6,8,10,14H,2-4,7,9,11,17H2,1H3. The second kappa shape index (κ2) is 5.95. The van der Waals surface area contributed by atoms with Crippen LogP contribution < -0.4 is 11.3 Å². The summed E-state index contributed by atoms with van der Waals surface area (Å²) in [4.78, 5) is 19.2.